The summed E-state index contributed by atoms with van der Waals surface area (Å²) in [6.45, 7) is 7.26. The van der Waals surface area contributed by atoms with E-state index in [0.29, 0.717) is 13.2 Å². The summed E-state index contributed by atoms with van der Waals surface area (Å²) in [5.74, 6) is 1.70. The van der Waals surface area contributed by atoms with Gasteiger partial charge >= 0.3 is 0 Å². The van der Waals surface area contributed by atoms with Crippen LogP contribution in [0.1, 0.15) is 26.3 Å². The molecule has 2 N–H and O–H groups in total. The Hall–Kier alpha value is -1.22. The van der Waals surface area contributed by atoms with E-state index in [1.54, 1.807) is 0 Å². The molecular weight excluding hydrogens is 202 g/mol. The van der Waals surface area contributed by atoms with E-state index in [4.69, 9.17) is 15.2 Å². The predicted octanol–water partition coefficient (Wildman–Crippen LogP) is 2.37. The molecule has 1 aromatic rings. The van der Waals surface area contributed by atoms with Crippen LogP contribution in [0.15, 0.2) is 18.2 Å². The fraction of sp³-hybridized carbons (Fsp3) is 0.538. The first-order valence-electron chi connectivity index (χ1n) is 5.80. The van der Waals surface area contributed by atoms with Gasteiger partial charge in [-0.25, -0.2) is 0 Å². The highest BCUT2D eigenvalue weighted by Crippen LogP contribution is 2.23. The van der Waals surface area contributed by atoms with Gasteiger partial charge in [-0.2, -0.15) is 0 Å². The summed E-state index contributed by atoms with van der Waals surface area (Å²) in [7, 11) is 0. The van der Waals surface area contributed by atoms with Crippen LogP contribution < -0.4 is 15.2 Å². The Balaban J connectivity index is 2.88. The molecule has 0 spiro atoms. The van der Waals surface area contributed by atoms with Gasteiger partial charge in [0.2, 0.25) is 0 Å². The third kappa shape index (κ3) is 4.11. The van der Waals surface area contributed by atoms with E-state index in [1.807, 2.05) is 39.0 Å². The highest BCUT2D eigenvalue weighted by atomic mass is 16.5. The lowest BCUT2D eigenvalue weighted by molar-refractivity contribution is 0.322. The average molecular weight is 223 g/mol. The second-order valence-corrected chi connectivity index (χ2v) is 3.86. The van der Waals surface area contributed by atoms with Crippen LogP contribution in [0.25, 0.3) is 0 Å². The summed E-state index contributed by atoms with van der Waals surface area (Å²) in [5.41, 5.74) is 6.95. The minimum Gasteiger partial charge on any atom is -0.494 e. The van der Waals surface area contributed by atoms with Crippen molar-refractivity contribution in [1.82, 2.24) is 0 Å². The molecule has 0 aliphatic rings. The molecule has 0 radical (unpaired) electrons. The molecule has 1 atom stereocenters. The SMILES string of the molecule is CCOc1cc(C[C@@H](C)N)cc(OCC)c1. The second-order valence-electron chi connectivity index (χ2n) is 3.86. The van der Waals surface area contributed by atoms with E-state index in [9.17, 15) is 0 Å². The molecule has 3 nitrogen and oxygen atoms in total. The normalized spacial score (nSPS) is 12.2. The highest BCUT2D eigenvalue weighted by molar-refractivity contribution is 5.38. The van der Waals surface area contributed by atoms with Crippen molar-refractivity contribution in [3.63, 3.8) is 0 Å². The van der Waals surface area contributed by atoms with Crippen LogP contribution in [0.2, 0.25) is 0 Å². The number of benzene rings is 1. The quantitative estimate of drug-likeness (QED) is 0.805. The highest BCUT2D eigenvalue weighted by Gasteiger charge is 2.04. The molecule has 3 heteroatoms. The zero-order chi connectivity index (χ0) is 12.0. The molecule has 0 bridgehead atoms. The van der Waals surface area contributed by atoms with Crippen molar-refractivity contribution in [1.29, 1.82) is 0 Å². The summed E-state index contributed by atoms with van der Waals surface area (Å²) in [5, 5.41) is 0. The average Bonchev–Trinajstić information content (AvgIpc) is 2.17. The van der Waals surface area contributed by atoms with Crippen molar-refractivity contribution >= 4 is 0 Å². The zero-order valence-electron chi connectivity index (χ0n) is 10.3. The topological polar surface area (TPSA) is 44.5 Å². The third-order valence-corrected chi connectivity index (χ3v) is 2.12. The minimum atomic E-state index is 0.145. The maximum atomic E-state index is 5.79. The van der Waals surface area contributed by atoms with Crippen LogP contribution in [-0.4, -0.2) is 19.3 Å². The molecular formula is C13H21NO2. The number of hydrogen-bond acceptors (Lipinski definition) is 3. The first-order chi connectivity index (χ1) is 7.65. The van der Waals surface area contributed by atoms with Crippen LogP contribution in [0.4, 0.5) is 0 Å². The van der Waals surface area contributed by atoms with E-state index >= 15 is 0 Å². The van der Waals surface area contributed by atoms with Crippen LogP contribution in [-0.2, 0) is 6.42 Å². The maximum absolute atomic E-state index is 5.79. The van der Waals surface area contributed by atoms with Crippen molar-refractivity contribution in [3.8, 4) is 11.5 Å². The van der Waals surface area contributed by atoms with Crippen molar-refractivity contribution in [2.45, 2.75) is 33.2 Å². The van der Waals surface area contributed by atoms with Gasteiger partial charge in [-0.1, -0.05) is 0 Å². The van der Waals surface area contributed by atoms with E-state index < -0.39 is 0 Å². The largest absolute Gasteiger partial charge is 0.494 e. The predicted molar refractivity (Wildman–Crippen MR) is 66.1 cm³/mol. The fourth-order valence-electron chi connectivity index (χ4n) is 1.62. The van der Waals surface area contributed by atoms with Gasteiger partial charge in [0.25, 0.3) is 0 Å². The van der Waals surface area contributed by atoms with E-state index in [1.165, 1.54) is 0 Å². The van der Waals surface area contributed by atoms with Gasteiger partial charge < -0.3 is 15.2 Å². The molecule has 1 aromatic carbocycles. The van der Waals surface area contributed by atoms with Gasteiger partial charge in [0.1, 0.15) is 11.5 Å². The van der Waals surface area contributed by atoms with Crippen molar-refractivity contribution in [2.24, 2.45) is 5.73 Å². The molecule has 0 heterocycles. The van der Waals surface area contributed by atoms with Gasteiger partial charge in [0.05, 0.1) is 13.2 Å². The zero-order valence-corrected chi connectivity index (χ0v) is 10.3. The van der Waals surface area contributed by atoms with Gasteiger partial charge in [-0.05, 0) is 44.9 Å². The van der Waals surface area contributed by atoms with Crippen LogP contribution in [0, 0.1) is 0 Å². The van der Waals surface area contributed by atoms with E-state index in [-0.39, 0.29) is 6.04 Å². The number of rotatable bonds is 6. The van der Waals surface area contributed by atoms with Crippen molar-refractivity contribution in [3.05, 3.63) is 23.8 Å². The molecule has 0 aliphatic heterocycles. The fourth-order valence-corrected chi connectivity index (χ4v) is 1.62. The molecule has 16 heavy (non-hydrogen) atoms. The Kier molecular flexibility index (Phi) is 5.12. The minimum absolute atomic E-state index is 0.145. The summed E-state index contributed by atoms with van der Waals surface area (Å²) in [6.07, 6.45) is 0.834. The standard InChI is InChI=1S/C13H21NO2/c1-4-15-12-7-11(6-10(3)14)8-13(9-12)16-5-2/h7-10H,4-6,14H2,1-3H3/t10-/m1/s1. The summed E-state index contributed by atoms with van der Waals surface area (Å²) < 4.78 is 11.0. The lowest BCUT2D eigenvalue weighted by Crippen LogP contribution is -2.17. The molecule has 0 unspecified atom stereocenters. The van der Waals surface area contributed by atoms with Gasteiger partial charge in [0, 0.05) is 12.1 Å². The first-order valence-corrected chi connectivity index (χ1v) is 5.80. The van der Waals surface area contributed by atoms with Gasteiger partial charge in [0.15, 0.2) is 0 Å². The monoisotopic (exact) mass is 223 g/mol. The number of hydrogen-bond donors (Lipinski definition) is 1. The molecule has 0 saturated carbocycles. The molecule has 90 valence electrons. The summed E-state index contributed by atoms with van der Waals surface area (Å²) >= 11 is 0. The maximum Gasteiger partial charge on any atom is 0.123 e. The second kappa shape index (κ2) is 6.38. The van der Waals surface area contributed by atoms with Crippen molar-refractivity contribution < 1.29 is 9.47 Å². The summed E-state index contributed by atoms with van der Waals surface area (Å²) in [4.78, 5) is 0. The Labute approximate surface area is 97.6 Å². The van der Waals surface area contributed by atoms with Gasteiger partial charge in [-0.15, -0.1) is 0 Å². The smallest absolute Gasteiger partial charge is 0.123 e. The summed E-state index contributed by atoms with van der Waals surface area (Å²) in [6, 6.07) is 6.11. The lowest BCUT2D eigenvalue weighted by Gasteiger charge is -2.12. The molecule has 0 saturated heterocycles. The number of nitrogens with two attached hydrogens (primary N) is 1. The lowest BCUT2D eigenvalue weighted by atomic mass is 10.1. The Morgan fingerprint density at radius 1 is 1.06 bits per heavy atom. The Morgan fingerprint density at radius 2 is 1.56 bits per heavy atom. The number of ether oxygens (including phenoxy) is 2. The van der Waals surface area contributed by atoms with Crippen LogP contribution in [0.3, 0.4) is 0 Å². The van der Waals surface area contributed by atoms with E-state index in [2.05, 4.69) is 0 Å². The molecule has 0 amide bonds. The third-order valence-electron chi connectivity index (χ3n) is 2.12. The first kappa shape index (κ1) is 12.8. The molecule has 1 rings (SSSR count). The van der Waals surface area contributed by atoms with Crippen molar-refractivity contribution in [2.75, 3.05) is 13.2 Å². The molecule has 0 aromatic heterocycles. The van der Waals surface area contributed by atoms with Crippen LogP contribution in [0.5, 0.6) is 11.5 Å². The Morgan fingerprint density at radius 3 is 1.94 bits per heavy atom. The van der Waals surface area contributed by atoms with E-state index in [0.717, 1.165) is 23.5 Å². The molecule has 0 aliphatic carbocycles. The Bertz CT molecular complexity index is 299. The van der Waals surface area contributed by atoms with Gasteiger partial charge in [-0.3, -0.25) is 0 Å². The van der Waals surface area contributed by atoms with Crippen LogP contribution >= 0.6 is 0 Å². The molecule has 0 fully saturated rings.